The van der Waals surface area contributed by atoms with Gasteiger partial charge >= 0.3 is 11.6 Å². The standard InChI is InChI=1S/C31H37N9O3/c1-3-38(2)25-12-8-21(9-13-25)29(41)35-24-5-4-14-40(19-24)31-36-27-26(32-20-33-27)28(37-31)34-23-10-6-22(7-11-23)30(42)39-15-17-43-18-16-39/h6-13,20,24H,3-5,14-19H2,1-2H3,(H,35,41)(H2,32,33,34,36,37)/p+1. The van der Waals surface area contributed by atoms with Crippen molar-refractivity contribution in [3.63, 3.8) is 0 Å². The summed E-state index contributed by atoms with van der Waals surface area (Å²) in [5, 5.41) is 6.60. The van der Waals surface area contributed by atoms with E-state index in [1.807, 2.05) is 60.5 Å². The molecule has 0 saturated carbocycles. The maximum absolute atomic E-state index is 13.0. The Morgan fingerprint density at radius 2 is 1.79 bits per heavy atom. The maximum Gasteiger partial charge on any atom is 0.307 e. The highest BCUT2D eigenvalue weighted by molar-refractivity contribution is 5.95. The number of ether oxygens (including phenoxy) is 1. The van der Waals surface area contributed by atoms with Crippen LogP contribution >= 0.6 is 0 Å². The van der Waals surface area contributed by atoms with Crippen LogP contribution in [0.2, 0.25) is 0 Å². The molecule has 1 unspecified atom stereocenters. The third-order valence-corrected chi connectivity index (χ3v) is 8.10. The summed E-state index contributed by atoms with van der Waals surface area (Å²) in [5.74, 6) is 1.13. The van der Waals surface area contributed by atoms with E-state index in [0.717, 1.165) is 42.8 Å². The molecule has 1 atom stereocenters. The van der Waals surface area contributed by atoms with Crippen molar-refractivity contribution in [1.82, 2.24) is 25.2 Å². The van der Waals surface area contributed by atoms with Crippen LogP contribution in [0.15, 0.2) is 54.9 Å². The van der Waals surface area contributed by atoms with Gasteiger partial charge in [0.25, 0.3) is 11.8 Å². The molecule has 0 bridgehead atoms. The highest BCUT2D eigenvalue weighted by atomic mass is 16.5. The van der Waals surface area contributed by atoms with Crippen molar-refractivity contribution >= 4 is 46.1 Å². The predicted octanol–water partition coefficient (Wildman–Crippen LogP) is 2.84. The number of imidazole rings is 1. The lowest BCUT2D eigenvalue weighted by Gasteiger charge is -2.32. The van der Waals surface area contributed by atoms with Crippen molar-refractivity contribution < 1.29 is 19.3 Å². The van der Waals surface area contributed by atoms with Crippen LogP contribution in [-0.2, 0) is 4.74 Å². The molecule has 2 fully saturated rings. The van der Waals surface area contributed by atoms with Gasteiger partial charge in [-0.1, -0.05) is 4.98 Å². The van der Waals surface area contributed by atoms with E-state index in [1.54, 1.807) is 6.33 Å². The van der Waals surface area contributed by atoms with Gasteiger partial charge in [-0.15, -0.1) is 0 Å². The molecule has 224 valence electrons. The second-order valence-corrected chi connectivity index (χ2v) is 11.0. The van der Waals surface area contributed by atoms with Crippen molar-refractivity contribution in [3.05, 3.63) is 66.0 Å². The number of anilines is 4. The maximum atomic E-state index is 13.0. The SMILES string of the molecule is CCN(C)c1ccc(C(=O)NC2CCCN(c3nc(Nc4ccc(C(=O)N5CCOCC5)cc4)c4[nH]c[nH+]c4n3)C2)cc1. The molecule has 2 saturated heterocycles. The van der Waals surface area contributed by atoms with E-state index in [-0.39, 0.29) is 17.9 Å². The fraction of sp³-hybridized carbons (Fsp3) is 0.387. The zero-order valence-electron chi connectivity index (χ0n) is 24.6. The van der Waals surface area contributed by atoms with Gasteiger partial charge in [-0.3, -0.25) is 14.6 Å². The van der Waals surface area contributed by atoms with Crippen LogP contribution < -0.4 is 25.4 Å². The number of H-pyrrole nitrogens is 2. The van der Waals surface area contributed by atoms with Crippen LogP contribution in [0.5, 0.6) is 0 Å². The quantitative estimate of drug-likeness (QED) is 0.288. The van der Waals surface area contributed by atoms with Crippen molar-refractivity contribution in [2.24, 2.45) is 0 Å². The van der Waals surface area contributed by atoms with Gasteiger partial charge in [0.2, 0.25) is 5.52 Å². The number of aromatic nitrogens is 4. The normalized spacial score (nSPS) is 17.1. The lowest BCUT2D eigenvalue weighted by Crippen LogP contribution is -2.48. The molecule has 0 radical (unpaired) electrons. The Labute approximate surface area is 250 Å². The average molecular weight is 585 g/mol. The number of hydrogen-bond acceptors (Lipinski definition) is 8. The van der Waals surface area contributed by atoms with Crippen LogP contribution in [0.4, 0.5) is 23.1 Å². The molecule has 4 N–H and O–H groups in total. The lowest BCUT2D eigenvalue weighted by atomic mass is 10.1. The molecule has 43 heavy (non-hydrogen) atoms. The van der Waals surface area contributed by atoms with Gasteiger partial charge in [0.15, 0.2) is 12.1 Å². The Balaban J connectivity index is 1.14. The number of nitrogens with one attached hydrogen (secondary N) is 4. The van der Waals surface area contributed by atoms with E-state index in [2.05, 4.69) is 37.3 Å². The zero-order valence-corrected chi connectivity index (χ0v) is 24.6. The van der Waals surface area contributed by atoms with Gasteiger partial charge in [-0.2, -0.15) is 4.98 Å². The molecular weight excluding hydrogens is 546 g/mol. The topological polar surface area (TPSA) is 133 Å². The van der Waals surface area contributed by atoms with Gasteiger partial charge in [-0.25, -0.2) is 4.98 Å². The number of hydrogen-bond donors (Lipinski definition) is 3. The number of carbonyl (C=O) groups excluding carboxylic acids is 2. The number of benzene rings is 2. The van der Waals surface area contributed by atoms with Crippen molar-refractivity contribution in [1.29, 1.82) is 0 Å². The number of carbonyl (C=O) groups is 2. The summed E-state index contributed by atoms with van der Waals surface area (Å²) in [6, 6.07) is 15.1. The second-order valence-electron chi connectivity index (χ2n) is 11.0. The molecule has 2 aromatic carbocycles. The third-order valence-electron chi connectivity index (χ3n) is 8.10. The molecule has 0 spiro atoms. The fourth-order valence-electron chi connectivity index (χ4n) is 5.48. The van der Waals surface area contributed by atoms with E-state index in [4.69, 9.17) is 14.7 Å². The van der Waals surface area contributed by atoms with Crippen LogP contribution in [0.3, 0.4) is 0 Å². The molecule has 12 nitrogen and oxygen atoms in total. The van der Waals surface area contributed by atoms with Gasteiger partial charge in [0.1, 0.15) is 0 Å². The van der Waals surface area contributed by atoms with Gasteiger partial charge in [0, 0.05) is 68.3 Å². The summed E-state index contributed by atoms with van der Waals surface area (Å²) in [6.07, 6.45) is 3.52. The molecule has 2 amide bonds. The number of aromatic amines is 2. The molecule has 12 heteroatoms. The van der Waals surface area contributed by atoms with Gasteiger partial charge in [0.05, 0.1) is 13.2 Å². The minimum absolute atomic E-state index is 0.00777. The highest BCUT2D eigenvalue weighted by Crippen LogP contribution is 2.26. The summed E-state index contributed by atoms with van der Waals surface area (Å²) < 4.78 is 5.36. The Hall–Kier alpha value is -4.71. The van der Waals surface area contributed by atoms with E-state index in [1.165, 1.54) is 0 Å². The minimum atomic E-state index is -0.0780. The van der Waals surface area contributed by atoms with Crippen molar-refractivity contribution in [3.8, 4) is 0 Å². The first kappa shape index (κ1) is 28.4. The van der Waals surface area contributed by atoms with Crippen LogP contribution in [-0.4, -0.2) is 90.7 Å². The first-order valence-electron chi connectivity index (χ1n) is 14.9. The number of fused-ring (bicyclic) bond motifs is 1. The highest BCUT2D eigenvalue weighted by Gasteiger charge is 2.27. The Morgan fingerprint density at radius 3 is 2.53 bits per heavy atom. The van der Waals surface area contributed by atoms with E-state index in [9.17, 15) is 9.59 Å². The molecule has 2 aliphatic heterocycles. The molecule has 6 rings (SSSR count). The number of piperidine rings is 1. The number of amides is 2. The molecule has 2 aliphatic rings. The Kier molecular flexibility index (Phi) is 8.36. The predicted molar refractivity (Wildman–Crippen MR) is 165 cm³/mol. The summed E-state index contributed by atoms with van der Waals surface area (Å²) in [6.45, 7) is 6.74. The second kappa shape index (κ2) is 12.7. The van der Waals surface area contributed by atoms with Gasteiger partial charge in [-0.05, 0) is 68.3 Å². The lowest BCUT2D eigenvalue weighted by molar-refractivity contribution is -0.347. The van der Waals surface area contributed by atoms with Crippen LogP contribution in [0.25, 0.3) is 11.2 Å². The monoisotopic (exact) mass is 584 g/mol. The Bertz CT molecular complexity index is 1570. The Morgan fingerprint density at radius 1 is 1.05 bits per heavy atom. The molecule has 2 aromatic heterocycles. The zero-order chi connectivity index (χ0) is 29.8. The average Bonchev–Trinajstić information content (AvgIpc) is 3.54. The molecule has 0 aliphatic carbocycles. The minimum Gasteiger partial charge on any atom is -0.378 e. The summed E-state index contributed by atoms with van der Waals surface area (Å²) in [4.78, 5) is 47.9. The van der Waals surface area contributed by atoms with Crippen molar-refractivity contribution in [2.45, 2.75) is 25.8 Å². The first-order chi connectivity index (χ1) is 21.0. The van der Waals surface area contributed by atoms with E-state index >= 15 is 0 Å². The summed E-state index contributed by atoms with van der Waals surface area (Å²) in [5.41, 5.74) is 4.60. The molecular formula is C31H38N9O3+. The van der Waals surface area contributed by atoms with Crippen LogP contribution in [0, 0.1) is 0 Å². The smallest absolute Gasteiger partial charge is 0.307 e. The third kappa shape index (κ3) is 6.38. The largest absolute Gasteiger partial charge is 0.378 e. The summed E-state index contributed by atoms with van der Waals surface area (Å²) >= 11 is 0. The van der Waals surface area contributed by atoms with Crippen molar-refractivity contribution in [2.75, 3.05) is 68.1 Å². The number of morpholine rings is 1. The fourth-order valence-corrected chi connectivity index (χ4v) is 5.48. The number of rotatable bonds is 8. The molecule has 4 heterocycles. The first-order valence-corrected chi connectivity index (χ1v) is 14.9. The summed E-state index contributed by atoms with van der Waals surface area (Å²) in [7, 11) is 2.03. The number of nitrogens with zero attached hydrogens (tertiary/aromatic N) is 5. The molecule has 4 aromatic rings. The van der Waals surface area contributed by atoms with Gasteiger partial charge < -0.3 is 30.1 Å². The van der Waals surface area contributed by atoms with E-state index < -0.39 is 0 Å². The van der Waals surface area contributed by atoms with Crippen LogP contribution in [0.1, 0.15) is 40.5 Å². The van der Waals surface area contributed by atoms with E-state index in [0.29, 0.717) is 61.4 Å².